The Morgan fingerprint density at radius 2 is 1.92 bits per heavy atom. The second kappa shape index (κ2) is 6.24. The van der Waals surface area contributed by atoms with E-state index in [2.05, 4.69) is 10.2 Å². The highest BCUT2D eigenvalue weighted by Gasteiger charge is 2.55. The molecule has 136 valence electrons. The minimum Gasteiger partial charge on any atom is -0.336 e. The number of urea groups is 1. The molecule has 4 aliphatic heterocycles. The first kappa shape index (κ1) is 16.8. The fraction of sp³-hybridized carbons (Fsp3) is 0.632. The van der Waals surface area contributed by atoms with E-state index in [1.165, 1.54) is 0 Å². The van der Waals surface area contributed by atoms with Crippen molar-refractivity contribution in [1.82, 2.24) is 15.1 Å². The Labute approximate surface area is 147 Å². The summed E-state index contributed by atoms with van der Waals surface area (Å²) >= 11 is 0. The first-order chi connectivity index (χ1) is 12.0. The predicted molar refractivity (Wildman–Crippen MR) is 91.3 cm³/mol. The van der Waals surface area contributed by atoms with Crippen LogP contribution in [0.5, 0.6) is 0 Å². The molecule has 2 amide bonds. The number of benzene rings is 1. The number of halogens is 2. The highest BCUT2D eigenvalue weighted by Crippen LogP contribution is 2.47. The second-order valence-corrected chi connectivity index (χ2v) is 7.86. The fourth-order valence-electron chi connectivity index (χ4n) is 5.06. The van der Waals surface area contributed by atoms with Gasteiger partial charge in [0, 0.05) is 24.5 Å². The fourth-order valence-corrected chi connectivity index (χ4v) is 5.06. The largest absolute Gasteiger partial charge is 0.336 e. The van der Waals surface area contributed by atoms with Crippen LogP contribution in [0, 0.1) is 17.6 Å². The highest BCUT2D eigenvalue weighted by molar-refractivity contribution is 5.75. The Morgan fingerprint density at radius 3 is 2.60 bits per heavy atom. The Hall–Kier alpha value is -1.69. The molecule has 4 saturated heterocycles. The maximum atomic E-state index is 14.5. The van der Waals surface area contributed by atoms with Gasteiger partial charge in [-0.2, -0.15) is 0 Å². The molecule has 1 aromatic carbocycles. The van der Waals surface area contributed by atoms with Gasteiger partial charge in [-0.25, -0.2) is 13.6 Å². The molecular formula is C19H25F2N3O. The normalized spacial score (nSPS) is 33.6. The molecule has 0 radical (unpaired) electrons. The monoisotopic (exact) mass is 349 g/mol. The van der Waals surface area contributed by atoms with Gasteiger partial charge in [-0.05, 0) is 57.3 Å². The summed E-state index contributed by atoms with van der Waals surface area (Å²) < 4.78 is 28.3. The van der Waals surface area contributed by atoms with Gasteiger partial charge in [0.05, 0.1) is 6.04 Å². The SMILES string of the molecule is CC(C)NC(=O)N1C[C@H](c2cccc(F)c2F)[C@@H]2[C@H]1C1CCN2CC1. The van der Waals surface area contributed by atoms with Gasteiger partial charge in [0.2, 0.25) is 0 Å². The van der Waals surface area contributed by atoms with E-state index in [9.17, 15) is 13.6 Å². The zero-order valence-corrected chi connectivity index (χ0v) is 14.7. The molecule has 4 aliphatic rings. The molecule has 25 heavy (non-hydrogen) atoms. The first-order valence-corrected chi connectivity index (χ1v) is 9.22. The van der Waals surface area contributed by atoms with Crippen LogP contribution >= 0.6 is 0 Å². The number of carbonyl (C=O) groups is 1. The third-order valence-electron chi connectivity index (χ3n) is 6.05. The van der Waals surface area contributed by atoms with Crippen LogP contribution in [0.15, 0.2) is 18.2 Å². The van der Waals surface area contributed by atoms with Gasteiger partial charge in [0.15, 0.2) is 11.6 Å². The minimum absolute atomic E-state index is 0.0528. The minimum atomic E-state index is -0.810. The number of nitrogens with zero attached hydrogens (tertiary/aromatic N) is 2. The lowest BCUT2D eigenvalue weighted by molar-refractivity contribution is 0.00312. The van der Waals surface area contributed by atoms with Crippen LogP contribution in [0.1, 0.15) is 38.2 Å². The van der Waals surface area contributed by atoms with Crippen LogP contribution in [0.25, 0.3) is 0 Å². The third kappa shape index (κ3) is 2.71. The van der Waals surface area contributed by atoms with Crippen molar-refractivity contribution < 1.29 is 13.6 Å². The molecule has 6 heteroatoms. The molecule has 4 nitrogen and oxygen atoms in total. The lowest BCUT2D eigenvalue weighted by Crippen LogP contribution is -2.61. The molecule has 0 aliphatic carbocycles. The van der Waals surface area contributed by atoms with Gasteiger partial charge in [0.25, 0.3) is 0 Å². The molecule has 4 heterocycles. The maximum absolute atomic E-state index is 14.5. The summed E-state index contributed by atoms with van der Waals surface area (Å²) in [4.78, 5) is 17.0. The van der Waals surface area contributed by atoms with Crippen LogP contribution < -0.4 is 5.32 Å². The van der Waals surface area contributed by atoms with Crippen molar-refractivity contribution in [3.05, 3.63) is 35.4 Å². The average Bonchev–Trinajstić information content (AvgIpc) is 3.00. The van der Waals surface area contributed by atoms with Crippen molar-refractivity contribution in [3.63, 3.8) is 0 Å². The molecule has 1 N–H and O–H groups in total. The van der Waals surface area contributed by atoms with Gasteiger partial charge < -0.3 is 10.2 Å². The third-order valence-corrected chi connectivity index (χ3v) is 6.05. The van der Waals surface area contributed by atoms with Crippen molar-refractivity contribution in [2.45, 2.75) is 50.7 Å². The number of amides is 2. The van der Waals surface area contributed by atoms with Crippen molar-refractivity contribution >= 4 is 6.03 Å². The predicted octanol–water partition coefficient (Wildman–Crippen LogP) is 2.94. The van der Waals surface area contributed by atoms with E-state index in [1.807, 2.05) is 18.7 Å². The van der Waals surface area contributed by atoms with Crippen molar-refractivity contribution in [1.29, 1.82) is 0 Å². The zero-order valence-electron chi connectivity index (χ0n) is 14.7. The molecular weight excluding hydrogens is 324 g/mol. The zero-order chi connectivity index (χ0) is 17.7. The number of hydrogen-bond donors (Lipinski definition) is 1. The summed E-state index contributed by atoms with van der Waals surface area (Å²) in [5.74, 6) is -1.30. The van der Waals surface area contributed by atoms with Gasteiger partial charge in [-0.15, -0.1) is 0 Å². The molecule has 0 aromatic heterocycles. The number of carbonyl (C=O) groups excluding carboxylic acids is 1. The van der Waals surface area contributed by atoms with Gasteiger partial charge in [-0.1, -0.05) is 12.1 Å². The van der Waals surface area contributed by atoms with Crippen LogP contribution in [0.4, 0.5) is 13.6 Å². The van der Waals surface area contributed by atoms with Gasteiger partial charge in [-0.3, -0.25) is 4.90 Å². The van der Waals surface area contributed by atoms with E-state index in [0.717, 1.165) is 32.0 Å². The Morgan fingerprint density at radius 1 is 1.20 bits per heavy atom. The standard InChI is InChI=1S/C19H25F2N3O/c1-11(2)22-19(25)24-10-14(13-4-3-5-15(20)16(13)21)18-17(24)12-6-8-23(18)9-7-12/h3-5,11-12,14,17-18H,6-10H2,1-2H3,(H,22,25)/t14-,17-,18-/m1/s1. The lowest BCUT2D eigenvalue weighted by Gasteiger charge is -2.51. The first-order valence-electron chi connectivity index (χ1n) is 9.22. The Balaban J connectivity index is 1.71. The number of nitrogens with one attached hydrogen (secondary N) is 1. The van der Waals surface area contributed by atoms with Gasteiger partial charge in [0.1, 0.15) is 0 Å². The summed E-state index contributed by atoms with van der Waals surface area (Å²) in [6.07, 6.45) is 2.15. The smallest absolute Gasteiger partial charge is 0.317 e. The summed E-state index contributed by atoms with van der Waals surface area (Å²) in [7, 11) is 0. The Bertz CT molecular complexity index is 673. The van der Waals surface area contributed by atoms with E-state index < -0.39 is 11.6 Å². The summed E-state index contributed by atoms with van der Waals surface area (Å²) in [5.41, 5.74) is 0.405. The Kier molecular flexibility index (Phi) is 4.18. The summed E-state index contributed by atoms with van der Waals surface area (Å²) in [6.45, 7) is 6.29. The quantitative estimate of drug-likeness (QED) is 0.891. The molecule has 1 aromatic rings. The average molecular weight is 349 g/mol. The topological polar surface area (TPSA) is 35.6 Å². The van der Waals surface area contributed by atoms with Crippen LogP contribution in [0.3, 0.4) is 0 Å². The van der Waals surface area contributed by atoms with Crippen LogP contribution in [0.2, 0.25) is 0 Å². The number of hydrogen-bond acceptors (Lipinski definition) is 2. The van der Waals surface area contributed by atoms with Crippen molar-refractivity contribution in [3.8, 4) is 0 Å². The molecule has 4 fully saturated rings. The molecule has 5 rings (SSSR count). The van der Waals surface area contributed by atoms with E-state index >= 15 is 0 Å². The highest BCUT2D eigenvalue weighted by atomic mass is 19.2. The van der Waals surface area contributed by atoms with Crippen LogP contribution in [-0.2, 0) is 0 Å². The lowest BCUT2D eigenvalue weighted by atomic mass is 9.75. The number of piperidine rings is 3. The van der Waals surface area contributed by atoms with Crippen LogP contribution in [-0.4, -0.2) is 53.6 Å². The molecule has 0 spiro atoms. The second-order valence-electron chi connectivity index (χ2n) is 7.86. The van der Waals surface area contributed by atoms with E-state index in [4.69, 9.17) is 0 Å². The molecule has 2 bridgehead atoms. The maximum Gasteiger partial charge on any atom is 0.317 e. The van der Waals surface area contributed by atoms with Crippen molar-refractivity contribution in [2.75, 3.05) is 19.6 Å². The van der Waals surface area contributed by atoms with Crippen molar-refractivity contribution in [2.24, 2.45) is 5.92 Å². The van der Waals surface area contributed by atoms with E-state index in [1.54, 1.807) is 12.1 Å². The summed E-state index contributed by atoms with van der Waals surface area (Å²) in [6, 6.07) is 4.54. The van der Waals surface area contributed by atoms with E-state index in [0.29, 0.717) is 18.0 Å². The molecule has 3 atom stereocenters. The van der Waals surface area contributed by atoms with Gasteiger partial charge >= 0.3 is 6.03 Å². The molecule has 0 unspecified atom stereocenters. The molecule has 0 saturated carbocycles. The van der Waals surface area contributed by atoms with E-state index in [-0.39, 0.29) is 30.1 Å². The number of fused-ring (bicyclic) bond motifs is 2. The summed E-state index contributed by atoms with van der Waals surface area (Å²) in [5, 5.41) is 2.98. The number of rotatable bonds is 2. The number of likely N-dealkylation sites (tertiary alicyclic amines) is 1.